The topological polar surface area (TPSA) is 46.2 Å². The van der Waals surface area contributed by atoms with Gasteiger partial charge in [0.25, 0.3) is 0 Å². The summed E-state index contributed by atoms with van der Waals surface area (Å²) in [7, 11) is 0. The number of carbonyl (C=O) groups excluding carboxylic acids is 2. The molecule has 20 heavy (non-hydrogen) atoms. The first-order chi connectivity index (χ1) is 9.73. The summed E-state index contributed by atoms with van der Waals surface area (Å²) < 4.78 is 0. The lowest BCUT2D eigenvalue weighted by atomic mass is 9.66. The molecule has 2 aromatic carbocycles. The Hall–Kier alpha value is -2.42. The van der Waals surface area contributed by atoms with Gasteiger partial charge in [-0.05, 0) is 17.5 Å². The van der Waals surface area contributed by atoms with Crippen molar-refractivity contribution in [1.82, 2.24) is 5.32 Å². The van der Waals surface area contributed by atoms with Crippen molar-refractivity contribution >= 4 is 11.7 Å². The molecule has 2 aromatic rings. The van der Waals surface area contributed by atoms with Gasteiger partial charge < -0.3 is 5.32 Å². The number of nitrogens with one attached hydrogen (secondary N) is 1. The minimum Gasteiger partial charge on any atom is -0.345 e. The molecule has 0 radical (unpaired) electrons. The molecular formula is C17H13NO2. The molecule has 1 amide bonds. The number of amides is 1. The van der Waals surface area contributed by atoms with Crippen LogP contribution in [0.1, 0.15) is 27.9 Å². The Bertz CT molecular complexity index is 723. The van der Waals surface area contributed by atoms with Crippen LogP contribution in [0.25, 0.3) is 0 Å². The Kier molecular flexibility index (Phi) is 2.16. The summed E-state index contributed by atoms with van der Waals surface area (Å²) in [6, 6.07) is 16.8. The van der Waals surface area contributed by atoms with Crippen LogP contribution in [-0.2, 0) is 10.2 Å². The molecule has 1 N–H and O–H groups in total. The van der Waals surface area contributed by atoms with Gasteiger partial charge in [-0.25, -0.2) is 0 Å². The normalized spacial score (nSPS) is 27.1. The van der Waals surface area contributed by atoms with E-state index < -0.39 is 11.5 Å². The average Bonchev–Trinajstić information content (AvgIpc) is 2.82. The van der Waals surface area contributed by atoms with Gasteiger partial charge in [-0.15, -0.1) is 0 Å². The lowest BCUT2D eigenvalue weighted by Crippen LogP contribution is -2.38. The average molecular weight is 263 g/mol. The number of benzene rings is 2. The van der Waals surface area contributed by atoms with E-state index in [0.717, 1.165) is 11.1 Å². The molecule has 4 rings (SSSR count). The van der Waals surface area contributed by atoms with E-state index in [4.69, 9.17) is 0 Å². The van der Waals surface area contributed by atoms with Crippen molar-refractivity contribution < 1.29 is 9.59 Å². The number of hydrogen-bond acceptors (Lipinski definition) is 2. The standard InChI is InChI=1S/C17H13NO2/c19-15-12-8-4-5-9-13(12)17(10-14(15)18-16(17)20)11-6-2-1-3-7-11/h1-9,14H,10H2,(H,18,20). The highest BCUT2D eigenvalue weighted by Gasteiger charge is 2.56. The van der Waals surface area contributed by atoms with Gasteiger partial charge >= 0.3 is 0 Å². The molecule has 3 heteroatoms. The van der Waals surface area contributed by atoms with E-state index >= 15 is 0 Å². The fraction of sp³-hybridized carbons (Fsp3) is 0.176. The molecule has 0 spiro atoms. The Balaban J connectivity index is 2.06. The second kappa shape index (κ2) is 3.79. The highest BCUT2D eigenvalue weighted by Crippen LogP contribution is 2.46. The van der Waals surface area contributed by atoms with E-state index in [2.05, 4.69) is 5.32 Å². The second-order valence-corrected chi connectivity index (χ2v) is 5.41. The van der Waals surface area contributed by atoms with Crippen LogP contribution in [0.2, 0.25) is 0 Å². The van der Waals surface area contributed by atoms with E-state index in [1.54, 1.807) is 0 Å². The van der Waals surface area contributed by atoms with Crippen LogP contribution in [-0.4, -0.2) is 17.7 Å². The fourth-order valence-corrected chi connectivity index (χ4v) is 3.51. The van der Waals surface area contributed by atoms with Crippen molar-refractivity contribution in [2.45, 2.75) is 17.9 Å². The molecule has 1 heterocycles. The van der Waals surface area contributed by atoms with Crippen molar-refractivity contribution in [3.05, 3.63) is 71.3 Å². The van der Waals surface area contributed by atoms with Crippen LogP contribution >= 0.6 is 0 Å². The van der Waals surface area contributed by atoms with E-state index in [9.17, 15) is 9.59 Å². The first-order valence-electron chi connectivity index (χ1n) is 6.74. The Morgan fingerprint density at radius 3 is 2.45 bits per heavy atom. The predicted molar refractivity (Wildman–Crippen MR) is 74.5 cm³/mol. The molecule has 1 aliphatic carbocycles. The van der Waals surface area contributed by atoms with Crippen LogP contribution in [0.3, 0.4) is 0 Å². The number of ketones is 1. The number of rotatable bonds is 1. The maximum absolute atomic E-state index is 12.6. The summed E-state index contributed by atoms with van der Waals surface area (Å²) in [5.41, 5.74) is 1.75. The zero-order valence-electron chi connectivity index (χ0n) is 10.8. The molecule has 2 aliphatic rings. The van der Waals surface area contributed by atoms with Crippen molar-refractivity contribution in [3.63, 3.8) is 0 Å². The highest BCUT2D eigenvalue weighted by atomic mass is 16.2. The molecule has 0 aromatic heterocycles. The Morgan fingerprint density at radius 1 is 0.950 bits per heavy atom. The molecule has 3 nitrogen and oxygen atoms in total. The largest absolute Gasteiger partial charge is 0.345 e. The minimum atomic E-state index is -0.712. The van der Waals surface area contributed by atoms with Gasteiger partial charge in [0.15, 0.2) is 5.78 Å². The van der Waals surface area contributed by atoms with Crippen molar-refractivity contribution in [3.8, 4) is 0 Å². The smallest absolute Gasteiger partial charge is 0.235 e. The maximum atomic E-state index is 12.6. The van der Waals surface area contributed by atoms with E-state index in [0.29, 0.717) is 12.0 Å². The molecule has 0 saturated carbocycles. The number of fused-ring (bicyclic) bond motifs is 4. The number of Topliss-reactive ketones (excluding diaryl/α,β-unsaturated/α-hetero) is 1. The second-order valence-electron chi connectivity index (χ2n) is 5.41. The van der Waals surface area contributed by atoms with E-state index in [1.807, 2.05) is 54.6 Å². The zero-order chi connectivity index (χ0) is 13.7. The summed E-state index contributed by atoms with van der Waals surface area (Å²) in [4.78, 5) is 25.0. The van der Waals surface area contributed by atoms with Gasteiger partial charge in [-0.1, -0.05) is 54.6 Å². The van der Waals surface area contributed by atoms with Crippen LogP contribution in [0.4, 0.5) is 0 Å². The number of hydrogen-bond donors (Lipinski definition) is 1. The summed E-state index contributed by atoms with van der Waals surface area (Å²) in [5.74, 6) is -0.0370. The van der Waals surface area contributed by atoms with Crippen LogP contribution < -0.4 is 5.32 Å². The SMILES string of the molecule is O=C1c2ccccc2C2(c3ccccc3)CC1NC2=O. The van der Waals surface area contributed by atoms with Crippen LogP contribution in [0, 0.1) is 0 Å². The summed E-state index contributed by atoms with van der Waals surface area (Å²) in [6.07, 6.45) is 0.520. The predicted octanol–water partition coefficient (Wildman–Crippen LogP) is 2.06. The van der Waals surface area contributed by atoms with Gasteiger partial charge in [0, 0.05) is 5.56 Å². The lowest BCUT2D eigenvalue weighted by Gasteiger charge is -2.32. The Labute approximate surface area is 116 Å². The monoisotopic (exact) mass is 263 g/mol. The highest BCUT2D eigenvalue weighted by molar-refractivity contribution is 6.12. The molecule has 1 saturated heterocycles. The molecular weight excluding hydrogens is 250 g/mol. The minimum absolute atomic E-state index is 0.0259. The van der Waals surface area contributed by atoms with Crippen molar-refractivity contribution in [2.24, 2.45) is 0 Å². The van der Waals surface area contributed by atoms with Gasteiger partial charge in [0.05, 0.1) is 6.04 Å². The van der Waals surface area contributed by atoms with Gasteiger partial charge in [-0.3, -0.25) is 9.59 Å². The van der Waals surface area contributed by atoms with Crippen LogP contribution in [0.15, 0.2) is 54.6 Å². The summed E-state index contributed by atoms with van der Waals surface area (Å²) >= 11 is 0. The lowest BCUT2D eigenvalue weighted by molar-refractivity contribution is -0.122. The first kappa shape index (κ1) is 11.4. The first-order valence-corrected chi connectivity index (χ1v) is 6.74. The fourth-order valence-electron chi connectivity index (χ4n) is 3.51. The van der Waals surface area contributed by atoms with Crippen molar-refractivity contribution in [2.75, 3.05) is 0 Å². The van der Waals surface area contributed by atoms with Gasteiger partial charge in [0.2, 0.25) is 5.91 Å². The Morgan fingerprint density at radius 2 is 1.65 bits per heavy atom. The number of carbonyl (C=O) groups is 2. The third-order valence-electron chi connectivity index (χ3n) is 4.44. The molecule has 2 bridgehead atoms. The molecule has 98 valence electrons. The van der Waals surface area contributed by atoms with E-state index in [-0.39, 0.29) is 11.7 Å². The zero-order valence-corrected chi connectivity index (χ0v) is 10.8. The van der Waals surface area contributed by atoms with Gasteiger partial charge in [-0.2, -0.15) is 0 Å². The summed E-state index contributed by atoms with van der Waals surface area (Å²) in [6.45, 7) is 0. The van der Waals surface area contributed by atoms with Gasteiger partial charge in [0.1, 0.15) is 5.41 Å². The third kappa shape index (κ3) is 1.24. The molecule has 2 unspecified atom stereocenters. The quantitative estimate of drug-likeness (QED) is 0.856. The maximum Gasteiger partial charge on any atom is 0.235 e. The van der Waals surface area contributed by atoms with Crippen molar-refractivity contribution in [1.29, 1.82) is 0 Å². The van der Waals surface area contributed by atoms with Crippen LogP contribution in [0.5, 0.6) is 0 Å². The van der Waals surface area contributed by atoms with E-state index in [1.165, 1.54) is 0 Å². The summed E-state index contributed by atoms with van der Waals surface area (Å²) in [5, 5.41) is 2.86. The molecule has 1 aliphatic heterocycles. The molecule has 1 fully saturated rings. The third-order valence-corrected chi connectivity index (χ3v) is 4.44. The molecule has 2 atom stereocenters.